The van der Waals surface area contributed by atoms with E-state index in [4.69, 9.17) is 11.6 Å². The summed E-state index contributed by atoms with van der Waals surface area (Å²) in [7, 11) is 0. The lowest BCUT2D eigenvalue weighted by Gasteiger charge is -2.25. The molecular weight excluding hydrogens is 272 g/mol. The third kappa shape index (κ3) is 2.65. The van der Waals surface area contributed by atoms with Crippen molar-refractivity contribution in [3.63, 3.8) is 0 Å². The summed E-state index contributed by atoms with van der Waals surface area (Å²) in [5.41, 5.74) is 3.17. The van der Waals surface area contributed by atoms with E-state index in [1.54, 1.807) is 12.4 Å². The van der Waals surface area contributed by atoms with E-state index in [1.165, 1.54) is 0 Å². The van der Waals surface area contributed by atoms with Crippen molar-refractivity contribution in [2.45, 2.75) is 25.5 Å². The number of rotatable bonds is 2. The van der Waals surface area contributed by atoms with Crippen LogP contribution in [-0.4, -0.2) is 16.6 Å². The smallest absolute Gasteiger partial charge is 0.0810 e. The first-order valence-corrected chi connectivity index (χ1v) is 7.24. The lowest BCUT2D eigenvalue weighted by molar-refractivity contribution is 0.168. The van der Waals surface area contributed by atoms with Crippen molar-refractivity contribution in [2.24, 2.45) is 0 Å². The molecule has 0 amide bonds. The topological polar surface area (TPSA) is 36.4 Å². The number of hydrogen-bond acceptors (Lipinski definition) is 3. The number of hydrogen-bond donors (Lipinski definition) is 1. The standard InChI is InChI=1S/C16H17ClN2O/c17-14-10-18-8-7-12(14)11-19-9-3-6-16(20)13-4-1-2-5-15(13)19/h1-2,4-5,7-8,10,16,20H,3,6,9,11H2. The molecular formula is C16H17ClN2O. The van der Waals surface area contributed by atoms with Gasteiger partial charge in [0.2, 0.25) is 0 Å². The molecule has 20 heavy (non-hydrogen) atoms. The van der Waals surface area contributed by atoms with Gasteiger partial charge in [-0.1, -0.05) is 29.8 Å². The summed E-state index contributed by atoms with van der Waals surface area (Å²) in [6.07, 6.45) is 4.84. The van der Waals surface area contributed by atoms with Crippen molar-refractivity contribution < 1.29 is 5.11 Å². The molecule has 1 unspecified atom stereocenters. The van der Waals surface area contributed by atoms with E-state index in [0.29, 0.717) is 5.02 Å². The lowest BCUT2D eigenvalue weighted by atomic mass is 10.0. The number of benzene rings is 1. The minimum Gasteiger partial charge on any atom is -0.388 e. The number of fused-ring (bicyclic) bond motifs is 1. The first-order chi connectivity index (χ1) is 9.75. The van der Waals surface area contributed by atoms with Crippen molar-refractivity contribution in [3.8, 4) is 0 Å². The molecule has 1 aromatic carbocycles. The van der Waals surface area contributed by atoms with Crippen LogP contribution in [0.5, 0.6) is 0 Å². The molecule has 104 valence electrons. The molecule has 0 spiro atoms. The zero-order valence-corrected chi connectivity index (χ0v) is 11.9. The minimum absolute atomic E-state index is 0.371. The third-order valence-electron chi connectivity index (χ3n) is 3.76. The first-order valence-electron chi connectivity index (χ1n) is 6.86. The number of aromatic nitrogens is 1. The predicted molar refractivity (Wildman–Crippen MR) is 80.9 cm³/mol. The minimum atomic E-state index is -0.371. The van der Waals surface area contributed by atoms with E-state index in [2.05, 4.69) is 16.0 Å². The number of nitrogens with zero attached hydrogens (tertiary/aromatic N) is 2. The fraction of sp³-hybridized carbons (Fsp3) is 0.312. The Balaban J connectivity index is 1.94. The van der Waals surface area contributed by atoms with Gasteiger partial charge in [0.25, 0.3) is 0 Å². The quantitative estimate of drug-likeness (QED) is 0.918. The van der Waals surface area contributed by atoms with Gasteiger partial charge in [0.15, 0.2) is 0 Å². The van der Waals surface area contributed by atoms with Crippen molar-refractivity contribution in [1.82, 2.24) is 4.98 Å². The van der Waals surface area contributed by atoms with Gasteiger partial charge in [-0.2, -0.15) is 0 Å². The average Bonchev–Trinajstić information content (AvgIpc) is 2.62. The summed E-state index contributed by atoms with van der Waals surface area (Å²) < 4.78 is 0. The highest BCUT2D eigenvalue weighted by atomic mass is 35.5. The fourth-order valence-corrected chi connectivity index (χ4v) is 2.89. The number of halogens is 1. The van der Waals surface area contributed by atoms with Crippen LogP contribution in [0.1, 0.15) is 30.1 Å². The molecule has 0 fully saturated rings. The van der Waals surface area contributed by atoms with Crippen LogP contribution in [-0.2, 0) is 6.54 Å². The SMILES string of the molecule is OC1CCCN(Cc2ccncc2Cl)c2ccccc21. The van der Waals surface area contributed by atoms with E-state index >= 15 is 0 Å². The normalized spacial score (nSPS) is 18.5. The maximum atomic E-state index is 10.2. The van der Waals surface area contributed by atoms with Gasteiger partial charge >= 0.3 is 0 Å². The Morgan fingerprint density at radius 3 is 3.00 bits per heavy atom. The molecule has 1 N–H and O–H groups in total. The highest BCUT2D eigenvalue weighted by Gasteiger charge is 2.21. The van der Waals surface area contributed by atoms with E-state index in [0.717, 1.165) is 42.7 Å². The number of aliphatic hydroxyl groups is 1. The van der Waals surface area contributed by atoms with E-state index < -0.39 is 0 Å². The number of aliphatic hydroxyl groups excluding tert-OH is 1. The Morgan fingerprint density at radius 2 is 2.15 bits per heavy atom. The highest BCUT2D eigenvalue weighted by Crippen LogP contribution is 2.33. The molecule has 0 bridgehead atoms. The Morgan fingerprint density at radius 1 is 1.30 bits per heavy atom. The number of anilines is 1. The van der Waals surface area contributed by atoms with E-state index in [1.807, 2.05) is 24.3 Å². The molecule has 3 rings (SSSR count). The van der Waals surface area contributed by atoms with Gasteiger partial charge in [0, 0.05) is 36.7 Å². The summed E-state index contributed by atoms with van der Waals surface area (Å²) in [6, 6.07) is 10.0. The molecule has 0 aliphatic carbocycles. The Hall–Kier alpha value is -1.58. The molecule has 0 radical (unpaired) electrons. The van der Waals surface area contributed by atoms with Crippen molar-refractivity contribution in [2.75, 3.05) is 11.4 Å². The predicted octanol–water partition coefficient (Wildman–Crippen LogP) is 3.57. The zero-order chi connectivity index (χ0) is 13.9. The van der Waals surface area contributed by atoms with Crippen molar-refractivity contribution in [1.29, 1.82) is 0 Å². The average molecular weight is 289 g/mol. The summed E-state index contributed by atoms with van der Waals surface area (Å²) in [4.78, 5) is 6.31. The largest absolute Gasteiger partial charge is 0.388 e. The van der Waals surface area contributed by atoms with Crippen LogP contribution in [0.4, 0.5) is 5.69 Å². The van der Waals surface area contributed by atoms with Gasteiger partial charge in [0.1, 0.15) is 0 Å². The van der Waals surface area contributed by atoms with Crippen LogP contribution in [0, 0.1) is 0 Å². The van der Waals surface area contributed by atoms with E-state index in [9.17, 15) is 5.11 Å². The van der Waals surface area contributed by atoms with Gasteiger partial charge in [-0.15, -0.1) is 0 Å². The first kappa shape index (κ1) is 13.4. The van der Waals surface area contributed by atoms with Crippen LogP contribution >= 0.6 is 11.6 Å². The second kappa shape index (κ2) is 5.81. The lowest BCUT2D eigenvalue weighted by Crippen LogP contribution is -2.23. The Bertz CT molecular complexity index is 603. The summed E-state index contributed by atoms with van der Waals surface area (Å²) in [5, 5.41) is 10.9. The molecule has 1 aromatic heterocycles. The summed E-state index contributed by atoms with van der Waals surface area (Å²) in [5.74, 6) is 0. The van der Waals surface area contributed by atoms with Crippen LogP contribution < -0.4 is 4.90 Å². The van der Waals surface area contributed by atoms with Crippen molar-refractivity contribution >= 4 is 17.3 Å². The molecule has 1 aliphatic heterocycles. The number of para-hydroxylation sites is 1. The van der Waals surface area contributed by atoms with E-state index in [-0.39, 0.29) is 6.10 Å². The summed E-state index contributed by atoms with van der Waals surface area (Å²) in [6.45, 7) is 1.66. The molecule has 1 atom stereocenters. The van der Waals surface area contributed by atoms with Gasteiger partial charge in [-0.25, -0.2) is 0 Å². The van der Waals surface area contributed by atoms with Crippen LogP contribution in [0.15, 0.2) is 42.7 Å². The highest BCUT2D eigenvalue weighted by molar-refractivity contribution is 6.31. The molecule has 1 aliphatic rings. The van der Waals surface area contributed by atoms with Gasteiger partial charge in [-0.3, -0.25) is 4.98 Å². The fourth-order valence-electron chi connectivity index (χ4n) is 2.71. The van der Waals surface area contributed by atoms with Gasteiger partial charge in [0.05, 0.1) is 11.1 Å². The monoisotopic (exact) mass is 288 g/mol. The van der Waals surface area contributed by atoms with Gasteiger partial charge < -0.3 is 10.0 Å². The second-order valence-electron chi connectivity index (χ2n) is 5.11. The van der Waals surface area contributed by atoms with Gasteiger partial charge in [-0.05, 0) is 30.5 Å². The second-order valence-corrected chi connectivity index (χ2v) is 5.51. The van der Waals surface area contributed by atoms with Crippen LogP contribution in [0.2, 0.25) is 5.02 Å². The molecule has 2 heterocycles. The molecule has 0 saturated heterocycles. The Labute approximate surface area is 123 Å². The zero-order valence-electron chi connectivity index (χ0n) is 11.2. The molecule has 2 aromatic rings. The maximum Gasteiger partial charge on any atom is 0.0810 e. The Kier molecular flexibility index (Phi) is 3.90. The summed E-state index contributed by atoms with van der Waals surface area (Å²) >= 11 is 6.20. The molecule has 4 heteroatoms. The molecule has 0 saturated carbocycles. The van der Waals surface area contributed by atoms with Crippen molar-refractivity contribution in [3.05, 3.63) is 58.9 Å². The molecule has 3 nitrogen and oxygen atoms in total. The van der Waals surface area contributed by atoms with Crippen LogP contribution in [0.25, 0.3) is 0 Å². The maximum absolute atomic E-state index is 10.2. The number of pyridine rings is 1. The third-order valence-corrected chi connectivity index (χ3v) is 4.10. The van der Waals surface area contributed by atoms with Crippen LogP contribution in [0.3, 0.4) is 0 Å².